The minimum absolute atomic E-state index is 0.606. The van der Waals surface area contributed by atoms with Gasteiger partial charge >= 0.3 is 0 Å². The maximum atomic E-state index is 10.4. The number of aliphatic hydroxyl groups is 1. The first-order valence-corrected chi connectivity index (χ1v) is 5.86. The number of rotatable bonds is 5. The zero-order chi connectivity index (χ0) is 11.9. The van der Waals surface area contributed by atoms with Gasteiger partial charge in [0, 0.05) is 12.8 Å². The molecule has 0 amide bonds. The summed E-state index contributed by atoms with van der Waals surface area (Å²) in [7, 11) is 0. The third-order valence-corrected chi connectivity index (χ3v) is 2.93. The molecule has 0 spiro atoms. The van der Waals surface area contributed by atoms with Crippen LogP contribution in [0.25, 0.3) is 0 Å². The lowest BCUT2D eigenvalue weighted by Crippen LogP contribution is -2.30. The lowest BCUT2D eigenvalue weighted by atomic mass is 9.88. The Bertz CT molecular complexity index is 358. The number of hydrogen-bond acceptors (Lipinski definition) is 1. The third kappa shape index (κ3) is 4.08. The molecule has 1 aromatic rings. The summed E-state index contributed by atoms with van der Waals surface area (Å²) in [6, 6.07) is 10.1. The Labute approximate surface area is 98.5 Å². The van der Waals surface area contributed by atoms with Crippen molar-refractivity contribution in [2.75, 3.05) is 0 Å². The summed E-state index contributed by atoms with van der Waals surface area (Å²) >= 11 is 0. The molecular formula is C15H20O. The van der Waals surface area contributed by atoms with Crippen LogP contribution in [-0.2, 0) is 6.42 Å². The van der Waals surface area contributed by atoms with Crippen molar-refractivity contribution in [3.05, 3.63) is 35.9 Å². The van der Waals surface area contributed by atoms with E-state index in [-0.39, 0.29) is 0 Å². The standard InChI is InChI=1S/C15H20O/c1-3-5-9-12-15(16,4-2)13-14-10-7-6-8-11-14/h6-8,10-11,16H,4,9,12-13H2,1-2H3. The van der Waals surface area contributed by atoms with Gasteiger partial charge in [0.1, 0.15) is 0 Å². The summed E-state index contributed by atoms with van der Waals surface area (Å²) in [6.07, 6.45) is 3.01. The van der Waals surface area contributed by atoms with E-state index in [1.54, 1.807) is 0 Å². The lowest BCUT2D eigenvalue weighted by molar-refractivity contribution is 0.0292. The Hall–Kier alpha value is -1.26. The van der Waals surface area contributed by atoms with Gasteiger partial charge in [0.15, 0.2) is 0 Å². The summed E-state index contributed by atoms with van der Waals surface area (Å²) in [5.41, 5.74) is 0.585. The maximum Gasteiger partial charge on any atom is 0.0694 e. The highest BCUT2D eigenvalue weighted by Crippen LogP contribution is 2.22. The molecule has 1 atom stereocenters. The molecule has 0 bridgehead atoms. The first-order valence-electron chi connectivity index (χ1n) is 5.86. The van der Waals surface area contributed by atoms with Crippen LogP contribution < -0.4 is 0 Å². The van der Waals surface area contributed by atoms with Crippen LogP contribution in [0.3, 0.4) is 0 Å². The van der Waals surface area contributed by atoms with E-state index in [9.17, 15) is 5.11 Å². The van der Waals surface area contributed by atoms with Gasteiger partial charge in [-0.15, -0.1) is 11.8 Å². The molecule has 0 aliphatic rings. The first kappa shape index (κ1) is 12.8. The zero-order valence-corrected chi connectivity index (χ0v) is 10.2. The molecular weight excluding hydrogens is 196 g/mol. The largest absolute Gasteiger partial charge is 0.390 e. The minimum atomic E-state index is -0.606. The molecule has 0 saturated carbocycles. The quantitative estimate of drug-likeness (QED) is 0.749. The highest BCUT2D eigenvalue weighted by Gasteiger charge is 2.23. The van der Waals surface area contributed by atoms with Crippen molar-refractivity contribution in [1.82, 2.24) is 0 Å². The van der Waals surface area contributed by atoms with E-state index in [4.69, 9.17) is 0 Å². The second-order valence-corrected chi connectivity index (χ2v) is 4.17. The second kappa shape index (κ2) is 6.35. The average molecular weight is 216 g/mol. The molecule has 0 saturated heterocycles. The van der Waals surface area contributed by atoms with Crippen molar-refractivity contribution in [2.24, 2.45) is 0 Å². The van der Waals surface area contributed by atoms with Crippen molar-refractivity contribution in [2.45, 2.75) is 45.1 Å². The Kier molecular flexibility index (Phi) is 5.08. The summed E-state index contributed by atoms with van der Waals surface area (Å²) in [6.45, 7) is 3.87. The molecule has 0 aromatic heterocycles. The summed E-state index contributed by atoms with van der Waals surface area (Å²) in [5, 5.41) is 10.4. The van der Waals surface area contributed by atoms with E-state index in [0.29, 0.717) is 0 Å². The van der Waals surface area contributed by atoms with Crippen molar-refractivity contribution in [3.8, 4) is 11.8 Å². The predicted octanol–water partition coefficient (Wildman–Crippen LogP) is 3.17. The molecule has 16 heavy (non-hydrogen) atoms. The van der Waals surface area contributed by atoms with Crippen LogP contribution in [0.5, 0.6) is 0 Å². The third-order valence-electron chi connectivity index (χ3n) is 2.93. The van der Waals surface area contributed by atoms with Crippen LogP contribution in [-0.4, -0.2) is 10.7 Å². The zero-order valence-electron chi connectivity index (χ0n) is 10.2. The van der Waals surface area contributed by atoms with Crippen LogP contribution in [0.4, 0.5) is 0 Å². The Morgan fingerprint density at radius 3 is 2.50 bits per heavy atom. The monoisotopic (exact) mass is 216 g/mol. The number of benzene rings is 1. The van der Waals surface area contributed by atoms with Crippen LogP contribution in [0.2, 0.25) is 0 Å². The maximum absolute atomic E-state index is 10.4. The van der Waals surface area contributed by atoms with Gasteiger partial charge < -0.3 is 5.11 Å². The fraction of sp³-hybridized carbons (Fsp3) is 0.467. The minimum Gasteiger partial charge on any atom is -0.390 e. The molecule has 0 radical (unpaired) electrons. The van der Waals surface area contributed by atoms with Gasteiger partial charge in [-0.3, -0.25) is 0 Å². The van der Waals surface area contributed by atoms with Gasteiger partial charge in [-0.25, -0.2) is 0 Å². The highest BCUT2D eigenvalue weighted by atomic mass is 16.3. The topological polar surface area (TPSA) is 20.2 Å². The predicted molar refractivity (Wildman–Crippen MR) is 68.1 cm³/mol. The Balaban J connectivity index is 2.61. The van der Waals surface area contributed by atoms with Crippen molar-refractivity contribution >= 4 is 0 Å². The van der Waals surface area contributed by atoms with Gasteiger partial charge in [0.2, 0.25) is 0 Å². The smallest absolute Gasteiger partial charge is 0.0694 e. The van der Waals surface area contributed by atoms with Crippen molar-refractivity contribution in [1.29, 1.82) is 0 Å². The van der Waals surface area contributed by atoms with E-state index in [1.807, 2.05) is 32.0 Å². The van der Waals surface area contributed by atoms with E-state index in [1.165, 1.54) is 5.56 Å². The van der Waals surface area contributed by atoms with E-state index >= 15 is 0 Å². The molecule has 0 aliphatic heterocycles. The molecule has 1 aromatic carbocycles. The molecule has 0 aliphatic carbocycles. The van der Waals surface area contributed by atoms with Crippen LogP contribution in [0, 0.1) is 11.8 Å². The van der Waals surface area contributed by atoms with Crippen molar-refractivity contribution in [3.63, 3.8) is 0 Å². The summed E-state index contributed by atoms with van der Waals surface area (Å²) in [4.78, 5) is 0. The van der Waals surface area contributed by atoms with E-state index < -0.39 is 5.60 Å². The van der Waals surface area contributed by atoms with Crippen LogP contribution in [0.1, 0.15) is 38.7 Å². The van der Waals surface area contributed by atoms with Gasteiger partial charge in [-0.2, -0.15) is 0 Å². The lowest BCUT2D eigenvalue weighted by Gasteiger charge is -2.26. The first-order chi connectivity index (χ1) is 7.70. The van der Waals surface area contributed by atoms with Gasteiger partial charge in [0.25, 0.3) is 0 Å². The average Bonchev–Trinajstić information content (AvgIpc) is 2.31. The summed E-state index contributed by atoms with van der Waals surface area (Å²) < 4.78 is 0. The molecule has 0 fully saturated rings. The van der Waals surface area contributed by atoms with E-state index in [0.717, 1.165) is 25.7 Å². The fourth-order valence-electron chi connectivity index (χ4n) is 1.79. The number of hydrogen-bond donors (Lipinski definition) is 1. The SMILES string of the molecule is CC#CCCC(O)(CC)Cc1ccccc1. The van der Waals surface area contributed by atoms with Gasteiger partial charge in [-0.05, 0) is 25.3 Å². The second-order valence-electron chi connectivity index (χ2n) is 4.17. The van der Waals surface area contributed by atoms with Crippen molar-refractivity contribution < 1.29 is 5.11 Å². The fourth-order valence-corrected chi connectivity index (χ4v) is 1.79. The highest BCUT2D eigenvalue weighted by molar-refractivity contribution is 5.17. The van der Waals surface area contributed by atoms with E-state index in [2.05, 4.69) is 24.0 Å². The normalized spacial score (nSPS) is 13.7. The molecule has 1 unspecified atom stereocenters. The van der Waals surface area contributed by atoms with Crippen LogP contribution >= 0.6 is 0 Å². The van der Waals surface area contributed by atoms with Gasteiger partial charge in [0.05, 0.1) is 5.60 Å². The molecule has 1 heteroatoms. The Morgan fingerprint density at radius 2 is 1.94 bits per heavy atom. The van der Waals surface area contributed by atoms with Crippen LogP contribution in [0.15, 0.2) is 30.3 Å². The Morgan fingerprint density at radius 1 is 1.25 bits per heavy atom. The molecule has 1 rings (SSSR count). The summed E-state index contributed by atoms with van der Waals surface area (Å²) in [5.74, 6) is 5.88. The molecule has 0 heterocycles. The molecule has 86 valence electrons. The molecule has 1 nitrogen and oxygen atoms in total. The molecule has 1 N–H and O–H groups in total. The van der Waals surface area contributed by atoms with Gasteiger partial charge in [-0.1, -0.05) is 37.3 Å².